The molecule has 0 saturated carbocycles. The molecule has 0 bridgehead atoms. The summed E-state index contributed by atoms with van der Waals surface area (Å²) in [6, 6.07) is 4.96. The highest BCUT2D eigenvalue weighted by molar-refractivity contribution is 7.89. The van der Waals surface area contributed by atoms with E-state index in [-0.39, 0.29) is 17.7 Å². The van der Waals surface area contributed by atoms with Crippen molar-refractivity contribution in [3.8, 4) is 0 Å². The third-order valence-electron chi connectivity index (χ3n) is 3.85. The smallest absolute Gasteiger partial charge is 0.276 e. The maximum atomic E-state index is 13.3. The number of furan rings is 1. The Bertz CT molecular complexity index is 788. The molecule has 1 atom stereocenters. The number of fused-ring (bicyclic) bond motifs is 1. The van der Waals surface area contributed by atoms with Crippen LogP contribution in [-0.2, 0) is 19.5 Å². The fraction of sp³-hybridized carbons (Fsp3) is 0.467. The lowest BCUT2D eigenvalue weighted by atomic mass is 10.2. The van der Waals surface area contributed by atoms with Crippen molar-refractivity contribution in [2.45, 2.75) is 17.6 Å². The molecular formula is C15H18FNO5S. The Balaban J connectivity index is 1.94. The number of methoxy groups -OCH3 is 1. The Morgan fingerprint density at radius 1 is 1.39 bits per heavy atom. The monoisotopic (exact) mass is 343 g/mol. The second-order valence-corrected chi connectivity index (χ2v) is 7.20. The molecule has 1 aromatic heterocycles. The molecule has 8 heteroatoms. The van der Waals surface area contributed by atoms with E-state index in [0.717, 1.165) is 0 Å². The summed E-state index contributed by atoms with van der Waals surface area (Å²) in [5, 5.41) is 0.243. The van der Waals surface area contributed by atoms with Crippen LogP contribution >= 0.6 is 0 Å². The van der Waals surface area contributed by atoms with E-state index >= 15 is 0 Å². The highest BCUT2D eigenvalue weighted by atomic mass is 32.2. The van der Waals surface area contributed by atoms with Crippen LogP contribution in [0.25, 0.3) is 11.0 Å². The number of sulfonamides is 1. The van der Waals surface area contributed by atoms with Gasteiger partial charge in [-0.15, -0.1) is 0 Å². The summed E-state index contributed by atoms with van der Waals surface area (Å²) in [6.45, 7) is 1.34. The second kappa shape index (κ2) is 6.56. The van der Waals surface area contributed by atoms with Crippen molar-refractivity contribution in [1.29, 1.82) is 0 Å². The van der Waals surface area contributed by atoms with Crippen LogP contribution in [0.1, 0.15) is 6.42 Å². The number of halogens is 1. The highest BCUT2D eigenvalue weighted by Gasteiger charge is 2.36. The van der Waals surface area contributed by atoms with Crippen molar-refractivity contribution in [2.24, 2.45) is 0 Å². The molecule has 2 aromatic rings. The van der Waals surface area contributed by atoms with Gasteiger partial charge in [0.1, 0.15) is 11.4 Å². The molecule has 3 rings (SSSR count). The minimum atomic E-state index is -3.81. The molecule has 1 unspecified atom stereocenters. The summed E-state index contributed by atoms with van der Waals surface area (Å²) < 4.78 is 56.2. The standard InChI is InChI=1S/C15H18FNO5S/c1-20-6-4-13-10-21-7-5-17(13)23(18,19)15-9-11-8-12(16)2-3-14(11)22-15/h2-3,8-9,13H,4-7,10H2,1H3. The van der Waals surface area contributed by atoms with Crippen LogP contribution in [0, 0.1) is 5.82 Å². The van der Waals surface area contributed by atoms with Crippen LogP contribution < -0.4 is 0 Å². The number of benzene rings is 1. The van der Waals surface area contributed by atoms with E-state index in [1.807, 2.05) is 0 Å². The molecule has 0 amide bonds. The highest BCUT2D eigenvalue weighted by Crippen LogP contribution is 2.28. The molecule has 6 nitrogen and oxygen atoms in total. The lowest BCUT2D eigenvalue weighted by Crippen LogP contribution is -2.48. The van der Waals surface area contributed by atoms with Crippen molar-refractivity contribution in [3.63, 3.8) is 0 Å². The van der Waals surface area contributed by atoms with Crippen LogP contribution in [0.15, 0.2) is 33.8 Å². The predicted molar refractivity (Wildman–Crippen MR) is 81.2 cm³/mol. The number of hydrogen-bond acceptors (Lipinski definition) is 5. The van der Waals surface area contributed by atoms with Crippen molar-refractivity contribution in [1.82, 2.24) is 4.31 Å². The fourth-order valence-electron chi connectivity index (χ4n) is 2.67. The molecule has 0 aliphatic carbocycles. The van der Waals surface area contributed by atoms with E-state index in [9.17, 15) is 12.8 Å². The topological polar surface area (TPSA) is 69.0 Å². The normalized spacial score (nSPS) is 20.2. The molecule has 2 heterocycles. The average molecular weight is 343 g/mol. The number of morpholine rings is 1. The van der Waals surface area contributed by atoms with Gasteiger partial charge in [0.15, 0.2) is 0 Å². The first-order valence-electron chi connectivity index (χ1n) is 7.30. The summed E-state index contributed by atoms with van der Waals surface area (Å²) in [6.07, 6.45) is 0.532. The zero-order valence-electron chi connectivity index (χ0n) is 12.7. The second-order valence-electron chi connectivity index (χ2n) is 5.37. The number of ether oxygens (including phenoxy) is 2. The molecule has 1 aliphatic heterocycles. The molecule has 0 spiro atoms. The van der Waals surface area contributed by atoms with Gasteiger partial charge in [-0.05, 0) is 24.6 Å². The van der Waals surface area contributed by atoms with Gasteiger partial charge in [0.2, 0.25) is 5.09 Å². The van der Waals surface area contributed by atoms with Crippen LogP contribution in [0.2, 0.25) is 0 Å². The summed E-state index contributed by atoms with van der Waals surface area (Å²) >= 11 is 0. The third kappa shape index (κ3) is 3.25. The van der Waals surface area contributed by atoms with Crippen molar-refractivity contribution >= 4 is 21.0 Å². The van der Waals surface area contributed by atoms with Crippen LogP contribution in [0.4, 0.5) is 4.39 Å². The van der Waals surface area contributed by atoms with Crippen LogP contribution in [0.5, 0.6) is 0 Å². The molecular weight excluding hydrogens is 325 g/mol. The first kappa shape index (κ1) is 16.4. The molecule has 0 N–H and O–H groups in total. The number of nitrogens with zero attached hydrogens (tertiary/aromatic N) is 1. The Labute approximate surface area is 133 Å². The van der Waals surface area contributed by atoms with E-state index in [0.29, 0.717) is 37.2 Å². The summed E-state index contributed by atoms with van der Waals surface area (Å²) in [5.41, 5.74) is 0.340. The van der Waals surface area contributed by atoms with E-state index in [2.05, 4.69) is 0 Å². The predicted octanol–water partition coefficient (Wildman–Crippen LogP) is 2.00. The Morgan fingerprint density at radius 2 is 2.22 bits per heavy atom. The minimum Gasteiger partial charge on any atom is -0.443 e. The first-order chi connectivity index (χ1) is 11.0. The molecule has 23 heavy (non-hydrogen) atoms. The van der Waals surface area contributed by atoms with Gasteiger partial charge in [0, 0.05) is 31.7 Å². The lowest BCUT2D eigenvalue weighted by Gasteiger charge is -2.33. The SMILES string of the molecule is COCCC1COCCN1S(=O)(=O)c1cc2cc(F)ccc2o1. The third-order valence-corrected chi connectivity index (χ3v) is 5.66. The lowest BCUT2D eigenvalue weighted by molar-refractivity contribution is 0.0199. The van der Waals surface area contributed by atoms with E-state index < -0.39 is 15.8 Å². The molecule has 0 radical (unpaired) electrons. The quantitative estimate of drug-likeness (QED) is 0.830. The van der Waals surface area contributed by atoms with E-state index in [1.54, 1.807) is 7.11 Å². The fourth-order valence-corrected chi connectivity index (χ4v) is 4.25. The molecule has 126 valence electrons. The van der Waals surface area contributed by atoms with Crippen LogP contribution in [-0.4, -0.2) is 52.2 Å². The number of rotatable bonds is 5. The molecule has 1 aliphatic rings. The van der Waals surface area contributed by atoms with Crippen LogP contribution in [0.3, 0.4) is 0 Å². The van der Waals surface area contributed by atoms with Gasteiger partial charge in [-0.3, -0.25) is 0 Å². The van der Waals surface area contributed by atoms with Gasteiger partial charge in [0.05, 0.1) is 19.3 Å². The van der Waals surface area contributed by atoms with Gasteiger partial charge >= 0.3 is 0 Å². The molecule has 1 saturated heterocycles. The maximum absolute atomic E-state index is 13.3. The van der Waals surface area contributed by atoms with E-state index in [1.165, 1.54) is 28.6 Å². The Kier molecular flexibility index (Phi) is 4.67. The van der Waals surface area contributed by atoms with Crippen molar-refractivity contribution in [2.75, 3.05) is 33.5 Å². The summed E-state index contributed by atoms with van der Waals surface area (Å²) in [5.74, 6) is -0.438. The zero-order valence-corrected chi connectivity index (χ0v) is 13.5. The molecule has 1 aromatic carbocycles. The number of hydrogen-bond donors (Lipinski definition) is 0. The summed E-state index contributed by atoms with van der Waals surface area (Å²) in [7, 11) is -2.24. The largest absolute Gasteiger partial charge is 0.443 e. The zero-order chi connectivity index (χ0) is 16.4. The van der Waals surface area contributed by atoms with Gasteiger partial charge < -0.3 is 13.9 Å². The van der Waals surface area contributed by atoms with Gasteiger partial charge in [-0.2, -0.15) is 4.31 Å². The average Bonchev–Trinajstić information content (AvgIpc) is 2.97. The van der Waals surface area contributed by atoms with Gasteiger partial charge in [0.25, 0.3) is 10.0 Å². The Morgan fingerprint density at radius 3 is 3.00 bits per heavy atom. The Hall–Kier alpha value is -1.48. The van der Waals surface area contributed by atoms with Crippen molar-refractivity contribution < 1.29 is 26.7 Å². The van der Waals surface area contributed by atoms with Gasteiger partial charge in [-0.1, -0.05) is 0 Å². The minimum absolute atomic E-state index is 0.178. The van der Waals surface area contributed by atoms with Crippen molar-refractivity contribution in [3.05, 3.63) is 30.1 Å². The summed E-state index contributed by atoms with van der Waals surface area (Å²) in [4.78, 5) is 0. The maximum Gasteiger partial charge on any atom is 0.276 e. The van der Waals surface area contributed by atoms with E-state index in [4.69, 9.17) is 13.9 Å². The first-order valence-corrected chi connectivity index (χ1v) is 8.74. The van der Waals surface area contributed by atoms with Gasteiger partial charge in [-0.25, -0.2) is 12.8 Å². The molecule has 1 fully saturated rings.